The smallest absolute Gasteiger partial charge is 0.267 e. The van der Waals surface area contributed by atoms with Gasteiger partial charge in [0.25, 0.3) is 5.56 Å². The average molecular weight is 288 g/mol. The van der Waals surface area contributed by atoms with Crippen LogP contribution in [0.25, 0.3) is 10.9 Å². The lowest BCUT2D eigenvalue weighted by Gasteiger charge is -2.05. The summed E-state index contributed by atoms with van der Waals surface area (Å²) in [6, 6.07) is 8.71. The van der Waals surface area contributed by atoms with Gasteiger partial charge >= 0.3 is 0 Å². The second kappa shape index (κ2) is 4.97. The number of hydrogen-bond acceptors (Lipinski definition) is 5. The summed E-state index contributed by atoms with van der Waals surface area (Å²) in [6.45, 7) is 1.95. The van der Waals surface area contributed by atoms with Crippen molar-refractivity contribution in [3.05, 3.63) is 57.4 Å². The Morgan fingerprint density at radius 1 is 1.25 bits per heavy atom. The molecule has 0 radical (unpaired) electrons. The van der Waals surface area contributed by atoms with E-state index in [0.717, 1.165) is 5.69 Å². The van der Waals surface area contributed by atoms with Gasteiger partial charge in [0.05, 0.1) is 5.39 Å². The number of aromatic nitrogens is 5. The highest BCUT2D eigenvalue weighted by molar-refractivity contribution is 6.29. The maximum atomic E-state index is 12.3. The molecule has 1 aromatic carbocycles. The summed E-state index contributed by atoms with van der Waals surface area (Å²) >= 11 is 5.88. The van der Waals surface area contributed by atoms with Gasteiger partial charge in [0.15, 0.2) is 5.82 Å². The van der Waals surface area contributed by atoms with Crippen LogP contribution in [0.1, 0.15) is 11.5 Å². The Balaban J connectivity index is 2.07. The van der Waals surface area contributed by atoms with E-state index in [4.69, 9.17) is 11.6 Å². The molecule has 2 heterocycles. The van der Waals surface area contributed by atoms with Crippen LogP contribution in [0, 0.1) is 6.92 Å². The zero-order valence-corrected chi connectivity index (χ0v) is 11.4. The predicted molar refractivity (Wildman–Crippen MR) is 74.7 cm³/mol. The summed E-state index contributed by atoms with van der Waals surface area (Å²) in [5, 5.41) is 8.76. The zero-order valence-electron chi connectivity index (χ0n) is 10.6. The molecule has 100 valence electrons. The zero-order chi connectivity index (χ0) is 14.1. The van der Waals surface area contributed by atoms with Crippen molar-refractivity contribution >= 4 is 22.5 Å². The summed E-state index contributed by atoms with van der Waals surface area (Å²) < 4.78 is 1.23. The first-order chi connectivity index (χ1) is 9.63. The Morgan fingerprint density at radius 2 is 2.05 bits per heavy atom. The minimum Gasteiger partial charge on any atom is -0.267 e. The molecule has 0 spiro atoms. The lowest BCUT2D eigenvalue weighted by atomic mass is 10.2. The molecule has 0 amide bonds. The van der Waals surface area contributed by atoms with Gasteiger partial charge < -0.3 is 0 Å². The van der Waals surface area contributed by atoms with Crippen molar-refractivity contribution in [1.29, 1.82) is 0 Å². The largest absolute Gasteiger partial charge is 0.278 e. The van der Waals surface area contributed by atoms with Crippen molar-refractivity contribution < 1.29 is 0 Å². The van der Waals surface area contributed by atoms with Crippen LogP contribution in [-0.2, 0) is 6.54 Å². The van der Waals surface area contributed by atoms with Crippen molar-refractivity contribution in [2.75, 3.05) is 0 Å². The number of benzene rings is 1. The lowest BCUT2D eigenvalue weighted by Crippen LogP contribution is -2.25. The van der Waals surface area contributed by atoms with E-state index in [1.807, 2.05) is 13.0 Å². The summed E-state index contributed by atoms with van der Waals surface area (Å²) in [4.78, 5) is 20.6. The van der Waals surface area contributed by atoms with E-state index in [2.05, 4.69) is 20.3 Å². The van der Waals surface area contributed by atoms with Gasteiger partial charge in [0, 0.05) is 5.69 Å². The van der Waals surface area contributed by atoms with E-state index < -0.39 is 0 Å². The summed E-state index contributed by atoms with van der Waals surface area (Å²) in [5.41, 5.74) is 1.08. The molecule has 0 atom stereocenters. The molecule has 3 rings (SSSR count). The first-order valence-corrected chi connectivity index (χ1v) is 6.34. The quantitative estimate of drug-likeness (QED) is 0.669. The number of aryl methyl sites for hydroxylation is 1. The third-order valence-corrected chi connectivity index (χ3v) is 2.98. The van der Waals surface area contributed by atoms with Gasteiger partial charge in [-0.3, -0.25) is 4.79 Å². The Hall–Kier alpha value is -2.34. The van der Waals surface area contributed by atoms with Crippen molar-refractivity contribution in [1.82, 2.24) is 25.0 Å². The van der Waals surface area contributed by atoms with Gasteiger partial charge in [-0.1, -0.05) is 28.9 Å². The maximum absolute atomic E-state index is 12.3. The molecule has 0 saturated heterocycles. The Bertz CT molecular complexity index is 825. The predicted octanol–water partition coefficient (Wildman–Crippen LogP) is 1.59. The number of nitrogens with zero attached hydrogens (tertiary/aromatic N) is 5. The Morgan fingerprint density at radius 3 is 2.85 bits per heavy atom. The van der Waals surface area contributed by atoms with Crippen LogP contribution in [0.2, 0.25) is 5.15 Å². The summed E-state index contributed by atoms with van der Waals surface area (Å²) in [6.07, 6.45) is 0. The molecule has 0 bridgehead atoms. The van der Waals surface area contributed by atoms with Gasteiger partial charge in [-0.25, -0.2) is 14.6 Å². The van der Waals surface area contributed by atoms with E-state index in [1.165, 1.54) is 4.68 Å². The van der Waals surface area contributed by atoms with Crippen molar-refractivity contribution in [2.45, 2.75) is 13.5 Å². The third-order valence-electron chi connectivity index (χ3n) is 2.79. The van der Waals surface area contributed by atoms with Gasteiger partial charge in [-0.2, -0.15) is 0 Å². The monoisotopic (exact) mass is 287 g/mol. The first-order valence-electron chi connectivity index (χ1n) is 5.96. The number of fused-ring (bicyclic) bond motifs is 1. The molecule has 20 heavy (non-hydrogen) atoms. The highest BCUT2D eigenvalue weighted by Gasteiger charge is 2.08. The van der Waals surface area contributed by atoms with Gasteiger partial charge in [0.1, 0.15) is 17.2 Å². The second-order valence-corrected chi connectivity index (χ2v) is 4.70. The standard InChI is InChI=1S/C13H10ClN5O/c1-8-6-11(14)16-12(15-8)7-19-13(20)9-4-2-3-5-10(9)17-18-19/h2-6H,7H2,1H3. The average Bonchev–Trinajstić information content (AvgIpc) is 2.41. The summed E-state index contributed by atoms with van der Waals surface area (Å²) in [5.74, 6) is 0.432. The van der Waals surface area contributed by atoms with Crippen LogP contribution >= 0.6 is 11.6 Å². The van der Waals surface area contributed by atoms with E-state index in [9.17, 15) is 4.79 Å². The van der Waals surface area contributed by atoms with Crippen LogP contribution in [0.4, 0.5) is 0 Å². The second-order valence-electron chi connectivity index (χ2n) is 4.32. The molecule has 7 heteroatoms. The normalized spacial score (nSPS) is 10.9. The summed E-state index contributed by atoms with van der Waals surface area (Å²) in [7, 11) is 0. The maximum Gasteiger partial charge on any atom is 0.278 e. The van der Waals surface area contributed by atoms with Gasteiger partial charge in [-0.05, 0) is 25.1 Å². The SMILES string of the molecule is Cc1cc(Cl)nc(Cn2nnc3ccccc3c2=O)n1. The fraction of sp³-hybridized carbons (Fsp3) is 0.154. The topological polar surface area (TPSA) is 73.6 Å². The number of halogens is 1. The molecule has 6 nitrogen and oxygen atoms in total. The molecule has 0 fully saturated rings. The van der Waals surface area contributed by atoms with Crippen molar-refractivity contribution in [3.63, 3.8) is 0 Å². The molecular weight excluding hydrogens is 278 g/mol. The van der Waals surface area contributed by atoms with E-state index in [0.29, 0.717) is 21.9 Å². The first kappa shape index (κ1) is 12.7. The molecule has 0 saturated carbocycles. The van der Waals surface area contributed by atoms with Gasteiger partial charge in [-0.15, -0.1) is 5.10 Å². The fourth-order valence-electron chi connectivity index (χ4n) is 1.92. The minimum absolute atomic E-state index is 0.137. The Labute approximate surface area is 119 Å². The highest BCUT2D eigenvalue weighted by atomic mass is 35.5. The number of hydrogen-bond donors (Lipinski definition) is 0. The van der Waals surface area contributed by atoms with Crippen LogP contribution in [0.15, 0.2) is 35.1 Å². The molecule has 0 aliphatic carbocycles. The highest BCUT2D eigenvalue weighted by Crippen LogP contribution is 2.07. The van der Waals surface area contributed by atoms with E-state index in [1.54, 1.807) is 24.3 Å². The molecule has 0 unspecified atom stereocenters. The van der Waals surface area contributed by atoms with Gasteiger partial charge in [0.2, 0.25) is 0 Å². The van der Waals surface area contributed by atoms with E-state index >= 15 is 0 Å². The van der Waals surface area contributed by atoms with Crippen molar-refractivity contribution in [2.24, 2.45) is 0 Å². The minimum atomic E-state index is -0.225. The fourth-order valence-corrected chi connectivity index (χ4v) is 2.18. The van der Waals surface area contributed by atoms with E-state index in [-0.39, 0.29) is 12.1 Å². The molecule has 0 N–H and O–H groups in total. The van der Waals surface area contributed by atoms with Crippen LogP contribution < -0.4 is 5.56 Å². The molecular formula is C13H10ClN5O. The van der Waals surface area contributed by atoms with Crippen molar-refractivity contribution in [3.8, 4) is 0 Å². The molecule has 0 aliphatic rings. The molecule has 3 aromatic rings. The molecule has 2 aromatic heterocycles. The lowest BCUT2D eigenvalue weighted by molar-refractivity contribution is 0.580. The van der Waals surface area contributed by atoms with Crippen LogP contribution in [0.5, 0.6) is 0 Å². The van der Waals surface area contributed by atoms with Crippen LogP contribution in [-0.4, -0.2) is 25.0 Å². The molecule has 0 aliphatic heterocycles. The number of rotatable bonds is 2. The third kappa shape index (κ3) is 2.37. The van der Waals surface area contributed by atoms with Crippen LogP contribution in [0.3, 0.4) is 0 Å². The Kier molecular flexibility index (Phi) is 3.15.